The van der Waals surface area contributed by atoms with Gasteiger partial charge in [-0.3, -0.25) is 0 Å². The van der Waals surface area contributed by atoms with Crippen LogP contribution < -0.4 is 0 Å². The first-order valence-corrected chi connectivity index (χ1v) is 8.38. The van der Waals surface area contributed by atoms with Gasteiger partial charge < -0.3 is 19.3 Å². The summed E-state index contributed by atoms with van der Waals surface area (Å²) in [5.74, 6) is -1.93. The largest absolute Gasteiger partial charge is 0.478 e. The zero-order chi connectivity index (χ0) is 18.5. The van der Waals surface area contributed by atoms with Gasteiger partial charge in [0.15, 0.2) is 6.29 Å². The number of carboxylic acid groups (broad SMARTS) is 1. The summed E-state index contributed by atoms with van der Waals surface area (Å²) in [6.45, 7) is 0.406. The predicted octanol–water partition coefficient (Wildman–Crippen LogP) is 3.39. The third kappa shape index (κ3) is 3.93. The average molecular weight is 360 g/mol. The minimum absolute atomic E-state index is 0.0525. The first kappa shape index (κ1) is 18.5. The van der Waals surface area contributed by atoms with E-state index in [1.54, 1.807) is 18.2 Å². The number of hydrogen-bond donors (Lipinski definition) is 1. The molecule has 1 aliphatic rings. The minimum Gasteiger partial charge on any atom is -0.478 e. The second-order valence-corrected chi connectivity index (χ2v) is 6.14. The van der Waals surface area contributed by atoms with E-state index in [-0.39, 0.29) is 12.2 Å². The molecule has 0 aliphatic carbocycles. The van der Waals surface area contributed by atoms with E-state index in [0.29, 0.717) is 12.2 Å². The molecular weight excluding hydrogens is 339 g/mol. The Balaban J connectivity index is 1.71. The molecule has 26 heavy (non-hydrogen) atoms. The van der Waals surface area contributed by atoms with E-state index in [9.17, 15) is 9.90 Å². The van der Waals surface area contributed by atoms with Gasteiger partial charge in [0.25, 0.3) is 0 Å². The zero-order valence-electron chi connectivity index (χ0n) is 14.4. The third-order valence-electron chi connectivity index (χ3n) is 4.48. The van der Waals surface area contributed by atoms with Crippen LogP contribution in [0.5, 0.6) is 0 Å². The lowest BCUT2D eigenvalue weighted by molar-refractivity contribution is -0.136. The lowest BCUT2D eigenvalue weighted by Gasteiger charge is -2.20. The Hall–Kier alpha value is -2.28. The van der Waals surface area contributed by atoms with E-state index in [2.05, 4.69) is 0 Å². The average Bonchev–Trinajstić information content (AvgIpc) is 2.98. The lowest BCUT2D eigenvalue weighted by atomic mass is 9.89. The normalized spacial score (nSPS) is 25.3. The number of aromatic carboxylic acids is 1. The molecule has 1 heterocycles. The molecule has 5 nitrogen and oxygen atoms in total. The molecule has 3 rings (SSSR count). The van der Waals surface area contributed by atoms with Crippen molar-refractivity contribution in [2.75, 3.05) is 13.7 Å². The first-order valence-electron chi connectivity index (χ1n) is 8.38. The summed E-state index contributed by atoms with van der Waals surface area (Å²) in [6.07, 6.45) is -3.12. The van der Waals surface area contributed by atoms with Gasteiger partial charge in [-0.05, 0) is 17.2 Å². The third-order valence-corrected chi connectivity index (χ3v) is 4.48. The van der Waals surface area contributed by atoms with Gasteiger partial charge in [-0.25, -0.2) is 9.18 Å². The number of methoxy groups -OCH3 is 1. The Labute approximate surface area is 151 Å². The number of hydrogen-bond acceptors (Lipinski definition) is 4. The van der Waals surface area contributed by atoms with Crippen LogP contribution in [-0.2, 0) is 20.8 Å². The van der Waals surface area contributed by atoms with Crippen molar-refractivity contribution in [3.63, 3.8) is 0 Å². The Morgan fingerprint density at radius 2 is 1.85 bits per heavy atom. The fraction of sp³-hybridized carbons (Fsp3) is 0.350. The maximum atomic E-state index is 15.1. The maximum Gasteiger partial charge on any atom is 0.335 e. The molecule has 4 atom stereocenters. The molecule has 0 saturated carbocycles. The highest BCUT2D eigenvalue weighted by atomic mass is 19.1. The second-order valence-electron chi connectivity index (χ2n) is 6.14. The van der Waals surface area contributed by atoms with Crippen LogP contribution in [0.4, 0.5) is 4.39 Å². The van der Waals surface area contributed by atoms with Crippen molar-refractivity contribution in [3.05, 3.63) is 71.3 Å². The van der Waals surface area contributed by atoms with Crippen molar-refractivity contribution < 1.29 is 28.5 Å². The number of benzene rings is 2. The van der Waals surface area contributed by atoms with E-state index < -0.39 is 30.5 Å². The molecule has 6 heteroatoms. The summed E-state index contributed by atoms with van der Waals surface area (Å²) < 4.78 is 31.6. The van der Waals surface area contributed by atoms with E-state index in [1.807, 2.05) is 30.3 Å². The molecule has 2 aromatic carbocycles. The van der Waals surface area contributed by atoms with E-state index in [4.69, 9.17) is 14.2 Å². The molecule has 2 aromatic rings. The number of carboxylic acids is 1. The Kier molecular flexibility index (Phi) is 5.98. The van der Waals surface area contributed by atoms with Gasteiger partial charge in [0.05, 0.1) is 24.7 Å². The van der Waals surface area contributed by atoms with Crippen molar-refractivity contribution in [3.8, 4) is 0 Å². The summed E-state index contributed by atoms with van der Waals surface area (Å²) in [6, 6.07) is 15.9. The van der Waals surface area contributed by atoms with E-state index in [0.717, 1.165) is 5.56 Å². The van der Waals surface area contributed by atoms with Gasteiger partial charge in [-0.15, -0.1) is 0 Å². The number of halogens is 1. The minimum atomic E-state index is -1.43. The summed E-state index contributed by atoms with van der Waals surface area (Å²) >= 11 is 0. The van der Waals surface area contributed by atoms with Gasteiger partial charge in [0.2, 0.25) is 0 Å². The smallest absolute Gasteiger partial charge is 0.335 e. The molecule has 0 amide bonds. The van der Waals surface area contributed by atoms with Crippen LogP contribution in [0.2, 0.25) is 0 Å². The highest BCUT2D eigenvalue weighted by molar-refractivity contribution is 5.89. The fourth-order valence-electron chi connectivity index (χ4n) is 3.21. The maximum absolute atomic E-state index is 15.1. The van der Waals surface area contributed by atoms with Crippen molar-refractivity contribution in [1.82, 2.24) is 0 Å². The molecule has 1 fully saturated rings. The molecule has 0 bridgehead atoms. The number of alkyl halides is 1. The Morgan fingerprint density at radius 1 is 1.15 bits per heavy atom. The van der Waals surface area contributed by atoms with Gasteiger partial charge >= 0.3 is 5.97 Å². The Morgan fingerprint density at radius 3 is 2.54 bits per heavy atom. The van der Waals surface area contributed by atoms with Gasteiger partial charge in [0, 0.05) is 7.11 Å². The van der Waals surface area contributed by atoms with Crippen LogP contribution in [0.1, 0.15) is 27.4 Å². The van der Waals surface area contributed by atoms with Crippen LogP contribution >= 0.6 is 0 Å². The number of rotatable bonds is 7. The SMILES string of the molecule is CO[C@H]1O[C@H](COCc2ccccc2)[C@H](F)[C@H]1c1ccccc1C(=O)O. The van der Waals surface area contributed by atoms with E-state index >= 15 is 4.39 Å². The van der Waals surface area contributed by atoms with Crippen molar-refractivity contribution >= 4 is 5.97 Å². The molecule has 0 spiro atoms. The molecule has 1 aliphatic heterocycles. The lowest BCUT2D eigenvalue weighted by Crippen LogP contribution is -2.27. The van der Waals surface area contributed by atoms with Crippen LogP contribution in [-0.4, -0.2) is 43.4 Å². The highest BCUT2D eigenvalue weighted by Crippen LogP contribution is 2.39. The van der Waals surface area contributed by atoms with Crippen LogP contribution in [0, 0.1) is 0 Å². The molecule has 1 saturated heterocycles. The second kappa shape index (κ2) is 8.40. The van der Waals surface area contributed by atoms with Crippen LogP contribution in [0.3, 0.4) is 0 Å². The molecule has 138 valence electrons. The van der Waals surface area contributed by atoms with E-state index in [1.165, 1.54) is 13.2 Å². The van der Waals surface area contributed by atoms with Crippen LogP contribution in [0.25, 0.3) is 0 Å². The fourth-order valence-corrected chi connectivity index (χ4v) is 3.21. The van der Waals surface area contributed by atoms with Crippen molar-refractivity contribution in [2.45, 2.75) is 31.1 Å². The highest BCUT2D eigenvalue weighted by Gasteiger charge is 2.47. The summed E-state index contributed by atoms with van der Waals surface area (Å²) in [4.78, 5) is 11.5. The molecule has 0 unspecified atom stereocenters. The molecule has 1 N–H and O–H groups in total. The standard InChI is InChI=1S/C20H21FO5/c1-24-20-17(14-9-5-6-10-15(14)19(22)23)18(21)16(26-20)12-25-11-13-7-3-2-4-8-13/h2-10,16-18,20H,11-12H2,1H3,(H,22,23)/t16-,17-,18+,20+/m1/s1. The number of ether oxygens (including phenoxy) is 3. The quantitative estimate of drug-likeness (QED) is 0.820. The van der Waals surface area contributed by atoms with Crippen molar-refractivity contribution in [1.29, 1.82) is 0 Å². The summed E-state index contributed by atoms with van der Waals surface area (Å²) in [5.41, 5.74) is 1.40. The zero-order valence-corrected chi connectivity index (χ0v) is 14.4. The molecular formula is C20H21FO5. The monoisotopic (exact) mass is 360 g/mol. The summed E-state index contributed by atoms with van der Waals surface area (Å²) in [7, 11) is 1.42. The number of carbonyl (C=O) groups is 1. The first-order chi connectivity index (χ1) is 12.6. The molecule has 0 radical (unpaired) electrons. The predicted molar refractivity (Wildman–Crippen MR) is 92.8 cm³/mol. The summed E-state index contributed by atoms with van der Waals surface area (Å²) in [5, 5.41) is 9.38. The van der Waals surface area contributed by atoms with Gasteiger partial charge in [-0.1, -0.05) is 48.5 Å². The topological polar surface area (TPSA) is 65.0 Å². The van der Waals surface area contributed by atoms with Crippen molar-refractivity contribution in [2.24, 2.45) is 0 Å². The van der Waals surface area contributed by atoms with Crippen LogP contribution in [0.15, 0.2) is 54.6 Å². The Bertz CT molecular complexity index is 736. The van der Waals surface area contributed by atoms with Gasteiger partial charge in [-0.2, -0.15) is 0 Å². The molecule has 0 aromatic heterocycles. The van der Waals surface area contributed by atoms with Gasteiger partial charge in [0.1, 0.15) is 12.3 Å².